The Hall–Kier alpha value is -2.88. The number of amides is 1. The van der Waals surface area contributed by atoms with E-state index < -0.39 is 0 Å². The maximum absolute atomic E-state index is 12.9. The molecule has 4 aromatic rings. The van der Waals surface area contributed by atoms with Crippen LogP contribution in [0.25, 0.3) is 32.6 Å². The Bertz CT molecular complexity index is 1170. The van der Waals surface area contributed by atoms with Crippen molar-refractivity contribution < 1.29 is 4.79 Å². The molecule has 0 fully saturated rings. The normalized spacial score (nSPS) is 13.9. The molecule has 0 aliphatic carbocycles. The van der Waals surface area contributed by atoms with E-state index in [1.807, 2.05) is 25.2 Å². The summed E-state index contributed by atoms with van der Waals surface area (Å²) in [7, 11) is 3.85. The molecule has 0 atom stereocenters. The van der Waals surface area contributed by atoms with E-state index in [0.717, 1.165) is 49.7 Å². The summed E-state index contributed by atoms with van der Waals surface area (Å²) in [6, 6.07) is 12.4. The van der Waals surface area contributed by atoms with Gasteiger partial charge >= 0.3 is 0 Å². The Morgan fingerprint density at radius 3 is 2.61 bits per heavy atom. The fourth-order valence-electron chi connectivity index (χ4n) is 3.75. The Balaban J connectivity index is 2.16. The molecule has 23 heavy (non-hydrogen) atoms. The van der Waals surface area contributed by atoms with Gasteiger partial charge in [0.25, 0.3) is 5.91 Å². The van der Waals surface area contributed by atoms with Crippen LogP contribution in [-0.2, 0) is 7.05 Å². The number of anilines is 1. The number of pyridine rings is 1. The summed E-state index contributed by atoms with van der Waals surface area (Å²) in [5.74, 6) is 0.797. The predicted octanol–water partition coefficient (Wildman–Crippen LogP) is 3.78. The van der Waals surface area contributed by atoms with Crippen LogP contribution >= 0.6 is 0 Å². The Morgan fingerprint density at radius 1 is 1.00 bits per heavy atom. The Kier molecular flexibility index (Phi) is 2.14. The SMILES string of the molecule is Cc1cc2c3c4c(nc5ccccc5c4cc2n1C)N(C)C3=O. The minimum Gasteiger partial charge on any atom is -0.348 e. The maximum Gasteiger partial charge on any atom is 0.260 e. The van der Waals surface area contributed by atoms with Gasteiger partial charge in [-0.05, 0) is 30.5 Å². The van der Waals surface area contributed by atoms with Gasteiger partial charge in [0.05, 0.1) is 11.1 Å². The minimum atomic E-state index is 0.0315. The van der Waals surface area contributed by atoms with Crippen molar-refractivity contribution in [2.75, 3.05) is 11.9 Å². The fourth-order valence-corrected chi connectivity index (χ4v) is 3.75. The molecular formula is C19H15N3O. The zero-order valence-corrected chi connectivity index (χ0v) is 13.2. The lowest BCUT2D eigenvalue weighted by atomic mass is 9.99. The van der Waals surface area contributed by atoms with E-state index in [-0.39, 0.29) is 5.91 Å². The topological polar surface area (TPSA) is 38.1 Å². The summed E-state index contributed by atoms with van der Waals surface area (Å²) in [5.41, 5.74) is 3.95. The standard InChI is InChI=1S/C19H15N3O/c1-10-8-13-15(21(10)2)9-12-11-6-4-5-7-14(11)20-18-16(12)17(13)19(23)22(18)3/h4-9H,1-3H3. The number of hydrogen-bond acceptors (Lipinski definition) is 2. The van der Waals surface area contributed by atoms with Crippen LogP contribution < -0.4 is 4.90 Å². The molecule has 1 aliphatic heterocycles. The number of carbonyl (C=O) groups is 1. The van der Waals surface area contributed by atoms with Crippen molar-refractivity contribution >= 4 is 44.3 Å². The summed E-state index contributed by atoms with van der Waals surface area (Å²) in [6.45, 7) is 2.07. The number of fused-ring (bicyclic) bond motifs is 4. The molecule has 1 aliphatic rings. The summed E-state index contributed by atoms with van der Waals surface area (Å²) in [6.07, 6.45) is 0. The molecule has 0 spiro atoms. The second kappa shape index (κ2) is 3.90. The first-order chi connectivity index (χ1) is 11.1. The molecule has 4 nitrogen and oxygen atoms in total. The summed E-state index contributed by atoms with van der Waals surface area (Å²) in [4.78, 5) is 19.3. The van der Waals surface area contributed by atoms with Crippen LogP contribution in [0.15, 0.2) is 36.4 Å². The zero-order valence-electron chi connectivity index (χ0n) is 13.2. The first kappa shape index (κ1) is 12.6. The van der Waals surface area contributed by atoms with Crippen molar-refractivity contribution in [2.24, 2.45) is 7.05 Å². The van der Waals surface area contributed by atoms with Gasteiger partial charge < -0.3 is 4.57 Å². The van der Waals surface area contributed by atoms with Crippen molar-refractivity contribution in [3.05, 3.63) is 47.7 Å². The Morgan fingerprint density at radius 2 is 1.78 bits per heavy atom. The number of rotatable bonds is 0. The van der Waals surface area contributed by atoms with Crippen molar-refractivity contribution in [1.29, 1.82) is 0 Å². The number of carbonyl (C=O) groups excluding carboxylic acids is 1. The van der Waals surface area contributed by atoms with Crippen LogP contribution in [0.2, 0.25) is 0 Å². The molecule has 112 valence electrons. The van der Waals surface area contributed by atoms with Gasteiger partial charge in [-0.1, -0.05) is 18.2 Å². The van der Waals surface area contributed by atoms with E-state index in [2.05, 4.69) is 29.7 Å². The average molecular weight is 301 g/mol. The first-order valence-electron chi connectivity index (χ1n) is 7.67. The van der Waals surface area contributed by atoms with Crippen molar-refractivity contribution in [3.63, 3.8) is 0 Å². The van der Waals surface area contributed by atoms with E-state index in [1.165, 1.54) is 0 Å². The molecule has 1 amide bonds. The van der Waals surface area contributed by atoms with Crippen LogP contribution in [0.4, 0.5) is 5.82 Å². The molecule has 2 aromatic heterocycles. The van der Waals surface area contributed by atoms with E-state index in [0.29, 0.717) is 0 Å². The van der Waals surface area contributed by atoms with Gasteiger partial charge in [0, 0.05) is 41.5 Å². The third-order valence-corrected chi connectivity index (χ3v) is 5.07. The molecule has 0 bridgehead atoms. The second-order valence-electron chi connectivity index (χ2n) is 6.27. The summed E-state index contributed by atoms with van der Waals surface area (Å²) >= 11 is 0. The van der Waals surface area contributed by atoms with E-state index in [9.17, 15) is 4.79 Å². The molecule has 0 radical (unpaired) electrons. The van der Waals surface area contributed by atoms with Gasteiger partial charge in [0.15, 0.2) is 0 Å². The molecule has 5 rings (SSSR count). The fraction of sp³-hybridized carbons (Fsp3) is 0.158. The number of para-hydroxylation sites is 1. The number of hydrogen-bond donors (Lipinski definition) is 0. The quantitative estimate of drug-likeness (QED) is 0.464. The lowest BCUT2D eigenvalue weighted by molar-refractivity contribution is 0.1000. The number of aryl methyl sites for hydroxylation is 2. The summed E-state index contributed by atoms with van der Waals surface area (Å²) in [5, 5.41) is 4.20. The molecule has 4 heteroatoms. The van der Waals surface area contributed by atoms with Gasteiger partial charge in [-0.2, -0.15) is 0 Å². The second-order valence-corrected chi connectivity index (χ2v) is 6.27. The average Bonchev–Trinajstić information content (AvgIpc) is 2.98. The van der Waals surface area contributed by atoms with Crippen molar-refractivity contribution in [2.45, 2.75) is 6.92 Å². The van der Waals surface area contributed by atoms with Crippen LogP contribution in [0.5, 0.6) is 0 Å². The molecule has 0 saturated heterocycles. The van der Waals surface area contributed by atoms with E-state index in [4.69, 9.17) is 4.98 Å². The lowest BCUT2D eigenvalue weighted by Gasteiger charge is -2.10. The largest absolute Gasteiger partial charge is 0.348 e. The number of nitrogens with zero attached hydrogens (tertiary/aromatic N) is 3. The van der Waals surface area contributed by atoms with Crippen LogP contribution in [0.1, 0.15) is 16.1 Å². The van der Waals surface area contributed by atoms with Gasteiger partial charge in [0.2, 0.25) is 0 Å². The highest BCUT2D eigenvalue weighted by Crippen LogP contribution is 2.43. The number of benzene rings is 2. The maximum atomic E-state index is 12.9. The molecule has 0 N–H and O–H groups in total. The molecule has 0 saturated carbocycles. The van der Waals surface area contributed by atoms with Crippen LogP contribution in [0.3, 0.4) is 0 Å². The van der Waals surface area contributed by atoms with Gasteiger partial charge in [-0.25, -0.2) is 4.98 Å². The number of aromatic nitrogens is 2. The van der Waals surface area contributed by atoms with E-state index in [1.54, 1.807) is 11.9 Å². The molecule has 3 heterocycles. The smallest absolute Gasteiger partial charge is 0.260 e. The molecular weight excluding hydrogens is 286 g/mol. The summed E-state index contributed by atoms with van der Waals surface area (Å²) < 4.78 is 2.14. The Labute approximate surface area is 132 Å². The highest BCUT2D eigenvalue weighted by atomic mass is 16.2. The van der Waals surface area contributed by atoms with Gasteiger partial charge in [-0.3, -0.25) is 9.69 Å². The lowest BCUT2D eigenvalue weighted by Crippen LogP contribution is -2.21. The van der Waals surface area contributed by atoms with Crippen LogP contribution in [-0.4, -0.2) is 22.5 Å². The minimum absolute atomic E-state index is 0.0315. The third kappa shape index (κ3) is 1.36. The van der Waals surface area contributed by atoms with Gasteiger partial charge in [-0.15, -0.1) is 0 Å². The third-order valence-electron chi connectivity index (χ3n) is 5.07. The predicted molar refractivity (Wildman–Crippen MR) is 93.2 cm³/mol. The molecule has 0 unspecified atom stereocenters. The van der Waals surface area contributed by atoms with Crippen molar-refractivity contribution in [3.8, 4) is 0 Å². The van der Waals surface area contributed by atoms with Crippen molar-refractivity contribution in [1.82, 2.24) is 9.55 Å². The molecule has 2 aromatic carbocycles. The highest BCUT2D eigenvalue weighted by molar-refractivity contribution is 6.33. The van der Waals surface area contributed by atoms with Gasteiger partial charge in [0.1, 0.15) is 5.82 Å². The van der Waals surface area contributed by atoms with Crippen LogP contribution in [0, 0.1) is 6.92 Å². The monoisotopic (exact) mass is 301 g/mol. The highest BCUT2D eigenvalue weighted by Gasteiger charge is 2.32. The zero-order chi connectivity index (χ0) is 15.9. The first-order valence-corrected chi connectivity index (χ1v) is 7.67. The van der Waals surface area contributed by atoms with E-state index >= 15 is 0 Å².